The fourth-order valence-electron chi connectivity index (χ4n) is 3.52. The Morgan fingerprint density at radius 1 is 0.618 bits per heavy atom. The normalized spacial score (nSPS) is 39.7. The van der Waals surface area contributed by atoms with Gasteiger partial charge >= 0.3 is 23.1 Å². The van der Waals surface area contributed by atoms with E-state index in [9.17, 15) is 0 Å². The third kappa shape index (κ3) is 5.98. The van der Waals surface area contributed by atoms with E-state index in [-0.39, 0.29) is 25.4 Å². The Morgan fingerprint density at radius 2 is 1.03 bits per heavy atom. The molecule has 34 heavy (non-hydrogen) atoms. The summed E-state index contributed by atoms with van der Waals surface area (Å²) in [7, 11) is -12.5. The van der Waals surface area contributed by atoms with Gasteiger partial charge in [0, 0.05) is 24.4 Å². The van der Waals surface area contributed by atoms with E-state index in [4.69, 9.17) is 41.7 Å². The molecule has 0 aromatic heterocycles. The van der Waals surface area contributed by atoms with Crippen molar-refractivity contribution in [3.8, 4) is 0 Å². The topological polar surface area (TPSA) is 74.0 Å². The van der Waals surface area contributed by atoms with Crippen molar-refractivity contribution >= 4 is 58.8 Å². The lowest BCUT2D eigenvalue weighted by Crippen LogP contribution is -2.12. The molecule has 0 saturated carbocycles. The molecule has 7 nitrogen and oxygen atoms in total. The second-order valence-corrected chi connectivity index (χ2v) is 24.7. The minimum atomic E-state index is -4.43. The van der Waals surface area contributed by atoms with E-state index in [0.717, 1.165) is 11.1 Å². The number of rotatable bonds is 4. The predicted molar refractivity (Wildman–Crippen MR) is 143 cm³/mol. The largest absolute Gasteiger partial charge is 0.387 e. The highest BCUT2D eigenvalue weighted by molar-refractivity contribution is 8.14. The lowest BCUT2D eigenvalue weighted by Gasteiger charge is -2.36. The van der Waals surface area contributed by atoms with Crippen LogP contribution in [0.25, 0.3) is 0 Å². The van der Waals surface area contributed by atoms with Crippen molar-refractivity contribution < 1.29 is 26.5 Å². The van der Waals surface area contributed by atoms with Crippen LogP contribution in [0.3, 0.4) is 0 Å². The minimum Gasteiger partial charge on any atom is -0.301 e. The quantitative estimate of drug-likeness (QED) is 0.326. The molecule has 3 aliphatic rings. The fourth-order valence-corrected chi connectivity index (χ4v) is 20.6. The molecule has 16 heteroatoms. The Labute approximate surface area is 207 Å². The van der Waals surface area contributed by atoms with E-state index in [0.29, 0.717) is 12.3 Å². The third-order valence-electron chi connectivity index (χ3n) is 5.13. The van der Waals surface area contributed by atoms with Gasteiger partial charge in [-0.15, -0.1) is 13.5 Å². The molecule has 0 aliphatic carbocycles. The molecular weight excluding hydrogens is 579 g/mol. The second kappa shape index (κ2) is 9.78. The van der Waals surface area contributed by atoms with Crippen LogP contribution in [-0.4, -0.2) is 25.4 Å². The van der Waals surface area contributed by atoms with Gasteiger partial charge in [0.15, 0.2) is 0 Å². The standard InChI is InChI=1S/C18H22F2N3O4P5S2/c19-30-21-31(20,25-14-28(33,13-24-30)11-17-7-3-1-4-8-17)23-32(22-30)26-15-29(34,16-27-32)12-18-9-5-2-6-10-18/h1-10H,11-16H2. The first-order valence-corrected chi connectivity index (χ1v) is 21.5. The van der Waals surface area contributed by atoms with E-state index in [1.807, 2.05) is 60.7 Å². The van der Waals surface area contributed by atoms with Gasteiger partial charge < -0.3 is 9.05 Å². The molecule has 3 aliphatic heterocycles. The molecule has 1 fully saturated rings. The summed E-state index contributed by atoms with van der Waals surface area (Å²) in [6.45, 7) is 0. The Bertz CT molecular complexity index is 1330. The highest BCUT2D eigenvalue weighted by Gasteiger charge is 2.47. The zero-order chi connectivity index (χ0) is 23.9. The summed E-state index contributed by atoms with van der Waals surface area (Å²) >= 11 is 11.6. The molecule has 0 radical (unpaired) electrons. The van der Waals surface area contributed by atoms with Gasteiger partial charge in [-0.05, 0) is 11.1 Å². The Balaban J connectivity index is 1.38. The lowest BCUT2D eigenvalue weighted by molar-refractivity contribution is 0.276. The average Bonchev–Trinajstić information content (AvgIpc) is 2.80. The van der Waals surface area contributed by atoms with Gasteiger partial charge in [-0.2, -0.15) is 8.39 Å². The van der Waals surface area contributed by atoms with Crippen molar-refractivity contribution in [2.24, 2.45) is 13.5 Å². The summed E-state index contributed by atoms with van der Waals surface area (Å²) < 4.78 is 65.9. The van der Waals surface area contributed by atoms with Crippen molar-refractivity contribution in [2.75, 3.05) is 25.4 Å². The third-order valence-corrected chi connectivity index (χ3v) is 19.5. The van der Waals surface area contributed by atoms with Crippen LogP contribution in [0.2, 0.25) is 0 Å². The first kappa shape index (κ1) is 25.8. The van der Waals surface area contributed by atoms with E-state index in [2.05, 4.69) is 13.5 Å². The van der Waals surface area contributed by atoms with E-state index >= 15 is 8.39 Å². The van der Waals surface area contributed by atoms with Crippen molar-refractivity contribution in [1.29, 1.82) is 0 Å². The Hall–Kier alpha value is 0.130. The maximum Gasteiger partial charge on any atom is 0.387 e. The zero-order valence-corrected chi connectivity index (χ0v) is 23.9. The van der Waals surface area contributed by atoms with Gasteiger partial charge in [0.2, 0.25) is 0 Å². The van der Waals surface area contributed by atoms with Crippen LogP contribution in [0, 0.1) is 0 Å². The first-order chi connectivity index (χ1) is 16.1. The van der Waals surface area contributed by atoms with Gasteiger partial charge in [0.1, 0.15) is 0 Å². The first-order valence-electron chi connectivity index (χ1n) is 10.2. The number of halogens is 2. The molecule has 0 amide bonds. The van der Waals surface area contributed by atoms with Crippen molar-refractivity contribution in [2.45, 2.75) is 12.3 Å². The summed E-state index contributed by atoms with van der Waals surface area (Å²) in [6, 6.07) is 14.7. The second-order valence-electron chi connectivity index (χ2n) is 8.14. The molecule has 2 aromatic carbocycles. The SMILES string of the molecule is FP12=NP(F)(=NP3(=N1)OCP(=S)(Cc1ccccc1)CO3)OCP(=S)(Cc1ccccc1)CO2. The van der Waals surface area contributed by atoms with Crippen LogP contribution in [-0.2, 0) is 54.0 Å². The average molecular weight is 601 g/mol. The molecular formula is C18H22F2N3O4P5S2. The molecule has 3 heterocycles. The smallest absolute Gasteiger partial charge is 0.301 e. The number of benzene rings is 2. The van der Waals surface area contributed by atoms with Gasteiger partial charge in [0.05, 0.1) is 25.4 Å². The van der Waals surface area contributed by atoms with E-state index in [1.165, 1.54) is 0 Å². The number of hydrogen-bond acceptors (Lipinski definition) is 9. The van der Waals surface area contributed by atoms with Gasteiger partial charge in [-0.25, -0.2) is 0 Å². The summed E-state index contributed by atoms with van der Waals surface area (Å²) in [4.78, 5) is 0. The molecule has 2 aromatic rings. The molecule has 184 valence electrons. The summed E-state index contributed by atoms with van der Waals surface area (Å²) in [5.41, 5.74) is 2.02. The lowest BCUT2D eigenvalue weighted by atomic mass is 10.2. The molecule has 1 saturated heterocycles. The van der Waals surface area contributed by atoms with E-state index in [1.54, 1.807) is 0 Å². The predicted octanol–water partition coefficient (Wildman–Crippen LogP) is 9.06. The maximum atomic E-state index is 15.8. The van der Waals surface area contributed by atoms with Crippen LogP contribution in [0.1, 0.15) is 11.1 Å². The highest BCUT2D eigenvalue weighted by Crippen LogP contribution is 2.84. The van der Waals surface area contributed by atoms with Gasteiger partial charge in [0.25, 0.3) is 0 Å². The number of nitrogens with zero attached hydrogens (tertiary/aromatic N) is 3. The molecule has 0 N–H and O–H groups in total. The van der Waals surface area contributed by atoms with Crippen LogP contribution >= 0.6 is 35.2 Å². The fraction of sp³-hybridized carbons (Fsp3) is 0.333. The Kier molecular flexibility index (Phi) is 7.41. The Morgan fingerprint density at radius 3 is 1.50 bits per heavy atom. The molecule has 1 spiro atoms. The monoisotopic (exact) mass is 601 g/mol. The molecule has 5 rings (SSSR count). The molecule has 3 atom stereocenters. The van der Waals surface area contributed by atoms with Gasteiger partial charge in [-0.3, -0.25) is 9.05 Å². The highest BCUT2D eigenvalue weighted by atomic mass is 32.4. The maximum absolute atomic E-state index is 15.8. The number of fused-ring (bicyclic) bond motifs is 1. The molecule has 3 unspecified atom stereocenters. The molecule has 2 bridgehead atoms. The van der Waals surface area contributed by atoms with Crippen LogP contribution in [0.5, 0.6) is 0 Å². The van der Waals surface area contributed by atoms with Crippen molar-refractivity contribution in [3.05, 3.63) is 71.8 Å². The van der Waals surface area contributed by atoms with Crippen LogP contribution in [0.4, 0.5) is 8.39 Å². The summed E-state index contributed by atoms with van der Waals surface area (Å²) in [5.74, 6) is 0. The zero-order valence-electron chi connectivity index (χ0n) is 17.8. The number of hydrogen-bond donors (Lipinski definition) is 0. The van der Waals surface area contributed by atoms with E-state index < -0.39 is 35.2 Å². The van der Waals surface area contributed by atoms with Crippen LogP contribution in [0.15, 0.2) is 74.2 Å². The summed E-state index contributed by atoms with van der Waals surface area (Å²) in [6.07, 6.45) is 1.06. The van der Waals surface area contributed by atoms with Crippen molar-refractivity contribution in [1.82, 2.24) is 0 Å². The van der Waals surface area contributed by atoms with Crippen LogP contribution < -0.4 is 0 Å². The minimum absolute atomic E-state index is 0.111. The summed E-state index contributed by atoms with van der Waals surface area (Å²) in [5, 5.41) is 0. The van der Waals surface area contributed by atoms with Gasteiger partial charge in [-0.1, -0.05) is 84.3 Å². The van der Waals surface area contributed by atoms with Crippen molar-refractivity contribution in [3.63, 3.8) is 0 Å².